The molecular weight excluding hydrogens is 150 g/mol. The minimum atomic E-state index is 0.953. The average Bonchev–Trinajstić information content (AvgIpc) is 2.74. The van der Waals surface area contributed by atoms with E-state index in [0.29, 0.717) is 0 Å². The van der Waals surface area contributed by atoms with Crippen LogP contribution in [0.25, 0.3) is 0 Å². The highest BCUT2D eigenvalue weighted by atomic mass is 15.4. The second-order valence-corrected chi connectivity index (χ2v) is 3.61. The molecule has 0 spiro atoms. The van der Waals surface area contributed by atoms with E-state index in [-0.39, 0.29) is 0 Å². The molecule has 2 rings (SSSR count). The summed E-state index contributed by atoms with van der Waals surface area (Å²) in [5.74, 6) is 0.953. The smallest absolute Gasteiger partial charge is 0.0692 e. The van der Waals surface area contributed by atoms with Crippen LogP contribution >= 0.6 is 0 Å². The second kappa shape index (κ2) is 3.70. The topological polar surface area (TPSA) is 30.7 Å². The Bertz CT molecular complexity index is 212. The average molecular weight is 165 g/mol. The highest BCUT2D eigenvalue weighted by molar-refractivity contribution is 4.69. The Morgan fingerprint density at radius 2 is 2.17 bits per heavy atom. The Labute approximate surface area is 72.8 Å². The molecule has 3 heteroatoms. The van der Waals surface area contributed by atoms with E-state index in [4.69, 9.17) is 0 Å². The number of hydrogen-bond donors (Lipinski definition) is 0. The van der Waals surface area contributed by atoms with Gasteiger partial charge in [0.25, 0.3) is 0 Å². The molecule has 66 valence electrons. The molecule has 1 aliphatic rings. The van der Waals surface area contributed by atoms with Gasteiger partial charge in [-0.2, -0.15) is 0 Å². The lowest BCUT2D eigenvalue weighted by molar-refractivity contribution is 0.434. The molecular formula is C9H15N3. The summed E-state index contributed by atoms with van der Waals surface area (Å²) in [5, 5.41) is 7.72. The zero-order chi connectivity index (χ0) is 8.23. The Morgan fingerprint density at radius 3 is 2.83 bits per heavy atom. The predicted octanol–water partition coefficient (Wildman–Crippen LogP) is 1.86. The Morgan fingerprint density at radius 1 is 1.33 bits per heavy atom. The van der Waals surface area contributed by atoms with Crippen molar-refractivity contribution in [2.24, 2.45) is 5.92 Å². The SMILES string of the molecule is c1cn(CCC2CCCC2)nn1. The van der Waals surface area contributed by atoms with Gasteiger partial charge in [-0.3, -0.25) is 4.68 Å². The molecule has 0 radical (unpaired) electrons. The van der Waals surface area contributed by atoms with Gasteiger partial charge in [-0.05, 0) is 12.3 Å². The van der Waals surface area contributed by atoms with Crippen molar-refractivity contribution in [1.82, 2.24) is 15.0 Å². The van der Waals surface area contributed by atoms with Crippen molar-refractivity contribution in [2.75, 3.05) is 0 Å². The van der Waals surface area contributed by atoms with Crippen LogP contribution in [0, 0.1) is 5.92 Å². The van der Waals surface area contributed by atoms with Crippen molar-refractivity contribution in [3.05, 3.63) is 12.4 Å². The van der Waals surface area contributed by atoms with Crippen LogP contribution < -0.4 is 0 Å². The quantitative estimate of drug-likeness (QED) is 0.684. The fourth-order valence-electron chi connectivity index (χ4n) is 1.97. The van der Waals surface area contributed by atoms with E-state index in [9.17, 15) is 0 Å². The monoisotopic (exact) mass is 165 g/mol. The highest BCUT2D eigenvalue weighted by Crippen LogP contribution is 2.27. The molecule has 1 fully saturated rings. The minimum absolute atomic E-state index is 0.953. The summed E-state index contributed by atoms with van der Waals surface area (Å²) in [6, 6.07) is 0. The summed E-state index contributed by atoms with van der Waals surface area (Å²) < 4.78 is 1.93. The molecule has 0 atom stereocenters. The predicted molar refractivity (Wildman–Crippen MR) is 46.6 cm³/mol. The van der Waals surface area contributed by atoms with Crippen molar-refractivity contribution in [3.63, 3.8) is 0 Å². The fraction of sp³-hybridized carbons (Fsp3) is 0.778. The lowest BCUT2D eigenvalue weighted by atomic mass is 10.0. The molecule has 0 amide bonds. The van der Waals surface area contributed by atoms with Crippen LogP contribution in [0.1, 0.15) is 32.1 Å². The maximum Gasteiger partial charge on any atom is 0.0692 e. The van der Waals surface area contributed by atoms with Gasteiger partial charge < -0.3 is 0 Å². The summed E-state index contributed by atoms with van der Waals surface area (Å²) >= 11 is 0. The number of aromatic nitrogens is 3. The van der Waals surface area contributed by atoms with Gasteiger partial charge in [0.2, 0.25) is 0 Å². The van der Waals surface area contributed by atoms with Crippen LogP contribution in [0.4, 0.5) is 0 Å². The Kier molecular flexibility index (Phi) is 2.39. The summed E-state index contributed by atoms with van der Waals surface area (Å²) in [4.78, 5) is 0. The van der Waals surface area contributed by atoms with E-state index >= 15 is 0 Å². The van der Waals surface area contributed by atoms with Crippen LogP contribution in [-0.2, 0) is 6.54 Å². The van der Waals surface area contributed by atoms with Crippen molar-refractivity contribution in [3.8, 4) is 0 Å². The highest BCUT2D eigenvalue weighted by Gasteiger charge is 2.14. The summed E-state index contributed by atoms with van der Waals surface area (Å²) in [5.41, 5.74) is 0. The fourth-order valence-corrected chi connectivity index (χ4v) is 1.97. The molecule has 0 N–H and O–H groups in total. The number of nitrogens with zero attached hydrogens (tertiary/aromatic N) is 3. The largest absolute Gasteiger partial charge is 0.253 e. The summed E-state index contributed by atoms with van der Waals surface area (Å²) in [6.45, 7) is 1.05. The molecule has 12 heavy (non-hydrogen) atoms. The third kappa shape index (κ3) is 1.84. The molecule has 1 saturated carbocycles. The number of rotatable bonds is 3. The first-order chi connectivity index (χ1) is 5.95. The standard InChI is InChI=1S/C9H15N3/c1-2-4-9(3-1)5-7-12-8-6-10-11-12/h6,8-9H,1-5,7H2. The van der Waals surface area contributed by atoms with E-state index in [1.807, 2.05) is 10.9 Å². The van der Waals surface area contributed by atoms with E-state index in [1.54, 1.807) is 6.20 Å². The lowest BCUT2D eigenvalue weighted by Crippen LogP contribution is -2.03. The van der Waals surface area contributed by atoms with Crippen LogP contribution in [0.5, 0.6) is 0 Å². The van der Waals surface area contributed by atoms with Gasteiger partial charge in [0, 0.05) is 12.7 Å². The normalized spacial score (nSPS) is 18.7. The molecule has 1 heterocycles. The van der Waals surface area contributed by atoms with Gasteiger partial charge in [0.1, 0.15) is 0 Å². The first-order valence-electron chi connectivity index (χ1n) is 4.79. The maximum absolute atomic E-state index is 3.94. The van der Waals surface area contributed by atoms with Crippen LogP contribution in [0.15, 0.2) is 12.4 Å². The zero-order valence-electron chi connectivity index (χ0n) is 7.32. The first-order valence-corrected chi connectivity index (χ1v) is 4.79. The van der Waals surface area contributed by atoms with Crippen molar-refractivity contribution < 1.29 is 0 Å². The van der Waals surface area contributed by atoms with Gasteiger partial charge in [0.05, 0.1) is 6.20 Å². The second-order valence-electron chi connectivity index (χ2n) is 3.61. The molecule has 0 unspecified atom stereocenters. The zero-order valence-corrected chi connectivity index (χ0v) is 7.32. The van der Waals surface area contributed by atoms with E-state index in [0.717, 1.165) is 12.5 Å². The van der Waals surface area contributed by atoms with E-state index in [2.05, 4.69) is 10.3 Å². The minimum Gasteiger partial charge on any atom is -0.253 e. The van der Waals surface area contributed by atoms with E-state index < -0.39 is 0 Å². The molecule has 0 saturated heterocycles. The molecule has 1 aromatic rings. The van der Waals surface area contributed by atoms with Crippen LogP contribution in [0.3, 0.4) is 0 Å². The van der Waals surface area contributed by atoms with Crippen molar-refractivity contribution in [1.29, 1.82) is 0 Å². The summed E-state index contributed by atoms with van der Waals surface area (Å²) in [6.07, 6.45) is 10.7. The molecule has 1 aliphatic carbocycles. The third-order valence-corrected chi connectivity index (χ3v) is 2.71. The van der Waals surface area contributed by atoms with Gasteiger partial charge in [0.15, 0.2) is 0 Å². The first kappa shape index (κ1) is 7.77. The lowest BCUT2D eigenvalue weighted by Gasteiger charge is -2.07. The van der Waals surface area contributed by atoms with Gasteiger partial charge in [-0.25, -0.2) is 0 Å². The molecule has 1 aromatic heterocycles. The molecule has 0 aromatic carbocycles. The van der Waals surface area contributed by atoms with E-state index in [1.165, 1.54) is 32.1 Å². The Balaban J connectivity index is 1.74. The third-order valence-electron chi connectivity index (χ3n) is 2.71. The molecule has 0 aliphatic heterocycles. The van der Waals surface area contributed by atoms with Crippen molar-refractivity contribution in [2.45, 2.75) is 38.6 Å². The maximum atomic E-state index is 3.94. The van der Waals surface area contributed by atoms with Gasteiger partial charge in [-0.1, -0.05) is 30.9 Å². The van der Waals surface area contributed by atoms with Crippen LogP contribution in [-0.4, -0.2) is 15.0 Å². The molecule has 3 nitrogen and oxygen atoms in total. The van der Waals surface area contributed by atoms with Gasteiger partial charge in [-0.15, -0.1) is 5.10 Å². The van der Waals surface area contributed by atoms with Crippen molar-refractivity contribution >= 4 is 0 Å². The molecule has 0 bridgehead atoms. The summed E-state index contributed by atoms with van der Waals surface area (Å²) in [7, 11) is 0. The Hall–Kier alpha value is -0.860. The number of aryl methyl sites for hydroxylation is 1. The van der Waals surface area contributed by atoms with Gasteiger partial charge >= 0.3 is 0 Å². The van der Waals surface area contributed by atoms with Crippen LogP contribution in [0.2, 0.25) is 0 Å². The number of hydrogen-bond acceptors (Lipinski definition) is 2.